The molecule has 0 amide bonds. The number of ether oxygens (including phenoxy) is 1. The normalized spacial score (nSPS) is 12.2. The second kappa shape index (κ2) is 10.5. The molecule has 0 aromatic carbocycles. The Balaban J connectivity index is 3.30. The van der Waals surface area contributed by atoms with Crippen molar-refractivity contribution in [3.63, 3.8) is 0 Å². The van der Waals surface area contributed by atoms with Gasteiger partial charge in [0.15, 0.2) is 0 Å². The van der Waals surface area contributed by atoms with Gasteiger partial charge in [-0.3, -0.25) is 0 Å². The minimum atomic E-state index is 0.280. The smallest absolute Gasteiger partial charge is 0.0934 e. The Labute approximate surface area is 103 Å². The van der Waals surface area contributed by atoms with E-state index in [1.165, 1.54) is 43.0 Å². The molecule has 0 radical (unpaired) electrons. The molecule has 0 saturated carbocycles. The van der Waals surface area contributed by atoms with Gasteiger partial charge in [0, 0.05) is 4.48 Å². The first-order valence-electron chi connectivity index (χ1n) is 6.16. The predicted octanol–water partition coefficient (Wildman–Crippen LogP) is 5.40. The number of rotatable bonds is 9. The monoisotopic (exact) mass is 276 g/mol. The van der Waals surface area contributed by atoms with Crippen LogP contribution in [0.4, 0.5) is 0 Å². The maximum Gasteiger partial charge on any atom is 0.0934 e. The summed E-state index contributed by atoms with van der Waals surface area (Å²) in [6, 6.07) is 0. The number of halogens is 1. The molecule has 0 unspecified atom stereocenters. The first kappa shape index (κ1) is 15.0. The lowest BCUT2D eigenvalue weighted by Gasteiger charge is -2.05. The number of allylic oxidation sites excluding steroid dienone is 1. The molecule has 0 fully saturated rings. The maximum atomic E-state index is 5.39. The Kier molecular flexibility index (Phi) is 10.5. The Morgan fingerprint density at radius 3 is 2.33 bits per heavy atom. The summed E-state index contributed by atoms with van der Waals surface area (Å²) >= 11 is 3.53. The molecule has 0 spiro atoms. The van der Waals surface area contributed by atoms with Gasteiger partial charge in [0.05, 0.1) is 12.4 Å². The highest BCUT2D eigenvalue weighted by Crippen LogP contribution is 2.16. The molecule has 0 aromatic rings. The second-order valence-electron chi connectivity index (χ2n) is 4.27. The van der Waals surface area contributed by atoms with Crippen LogP contribution in [0.5, 0.6) is 0 Å². The van der Waals surface area contributed by atoms with Crippen molar-refractivity contribution in [2.75, 3.05) is 0 Å². The van der Waals surface area contributed by atoms with E-state index in [1.807, 2.05) is 20.1 Å². The molecule has 0 aliphatic rings. The molecule has 0 aliphatic carbocycles. The van der Waals surface area contributed by atoms with Crippen molar-refractivity contribution >= 4 is 15.9 Å². The summed E-state index contributed by atoms with van der Waals surface area (Å²) in [6.07, 6.45) is 11.3. The Bertz CT molecular complexity index is 164. The van der Waals surface area contributed by atoms with Crippen LogP contribution in [0.1, 0.15) is 65.7 Å². The third kappa shape index (κ3) is 11.9. The quantitative estimate of drug-likeness (QED) is 0.405. The minimum Gasteiger partial charge on any atom is -0.498 e. The van der Waals surface area contributed by atoms with Gasteiger partial charge in [-0.2, -0.15) is 0 Å². The molecule has 0 saturated heterocycles. The van der Waals surface area contributed by atoms with Crippen molar-refractivity contribution in [1.29, 1.82) is 0 Å². The lowest BCUT2D eigenvalue weighted by Crippen LogP contribution is -1.95. The molecule has 0 aliphatic heterocycles. The molecule has 0 rings (SSSR count). The molecule has 90 valence electrons. The van der Waals surface area contributed by atoms with Crippen LogP contribution in [-0.2, 0) is 4.74 Å². The Hall–Kier alpha value is 0.0200. The van der Waals surface area contributed by atoms with Crippen LogP contribution in [0.2, 0.25) is 0 Å². The predicted molar refractivity (Wildman–Crippen MR) is 71.2 cm³/mol. The van der Waals surface area contributed by atoms with Crippen molar-refractivity contribution in [3.8, 4) is 0 Å². The number of hydrogen-bond donors (Lipinski definition) is 0. The fraction of sp³-hybridized carbons (Fsp3) is 0.846. The fourth-order valence-electron chi connectivity index (χ4n) is 1.34. The van der Waals surface area contributed by atoms with E-state index >= 15 is 0 Å². The molecule has 0 heterocycles. The zero-order chi connectivity index (χ0) is 11.5. The topological polar surface area (TPSA) is 9.23 Å². The van der Waals surface area contributed by atoms with Gasteiger partial charge < -0.3 is 4.74 Å². The van der Waals surface area contributed by atoms with E-state index in [9.17, 15) is 0 Å². The zero-order valence-electron chi connectivity index (χ0n) is 10.4. The average Bonchev–Trinajstić information content (AvgIpc) is 2.20. The number of unbranched alkanes of at least 4 members (excludes halogenated alkanes) is 5. The van der Waals surface area contributed by atoms with Gasteiger partial charge in [-0.1, -0.05) is 55.0 Å². The SMILES string of the molecule is CCCCCCCC/C(Br)=C/OC(C)C. The van der Waals surface area contributed by atoms with E-state index < -0.39 is 0 Å². The molecule has 0 N–H and O–H groups in total. The molecule has 0 aromatic heterocycles. The summed E-state index contributed by atoms with van der Waals surface area (Å²) in [5.74, 6) is 0. The van der Waals surface area contributed by atoms with Gasteiger partial charge in [0.2, 0.25) is 0 Å². The third-order valence-corrected chi connectivity index (χ3v) is 2.82. The van der Waals surface area contributed by atoms with Crippen molar-refractivity contribution in [1.82, 2.24) is 0 Å². The molecular formula is C13H25BrO. The van der Waals surface area contributed by atoms with E-state index in [0.29, 0.717) is 0 Å². The molecule has 0 bridgehead atoms. The largest absolute Gasteiger partial charge is 0.498 e. The number of hydrogen-bond acceptors (Lipinski definition) is 1. The van der Waals surface area contributed by atoms with Crippen LogP contribution in [-0.4, -0.2) is 6.10 Å². The summed E-state index contributed by atoms with van der Waals surface area (Å²) in [5.41, 5.74) is 0. The molecule has 0 atom stereocenters. The van der Waals surface area contributed by atoms with Crippen LogP contribution in [0, 0.1) is 0 Å². The van der Waals surface area contributed by atoms with Gasteiger partial charge in [0.1, 0.15) is 0 Å². The van der Waals surface area contributed by atoms with Crippen molar-refractivity contribution in [2.24, 2.45) is 0 Å². The van der Waals surface area contributed by atoms with Gasteiger partial charge in [0.25, 0.3) is 0 Å². The fourth-order valence-corrected chi connectivity index (χ4v) is 1.73. The molecule has 1 nitrogen and oxygen atoms in total. The van der Waals surface area contributed by atoms with Crippen molar-refractivity contribution < 1.29 is 4.74 Å². The van der Waals surface area contributed by atoms with E-state index in [2.05, 4.69) is 22.9 Å². The van der Waals surface area contributed by atoms with E-state index in [0.717, 1.165) is 6.42 Å². The van der Waals surface area contributed by atoms with Crippen LogP contribution in [0.25, 0.3) is 0 Å². The van der Waals surface area contributed by atoms with E-state index in [1.54, 1.807) is 0 Å². The third-order valence-electron chi connectivity index (χ3n) is 2.24. The zero-order valence-corrected chi connectivity index (χ0v) is 12.0. The molecular weight excluding hydrogens is 252 g/mol. The minimum absolute atomic E-state index is 0.280. The lowest BCUT2D eigenvalue weighted by molar-refractivity contribution is 0.178. The van der Waals surface area contributed by atoms with Crippen LogP contribution >= 0.6 is 15.9 Å². The lowest BCUT2D eigenvalue weighted by atomic mass is 10.1. The van der Waals surface area contributed by atoms with Crippen LogP contribution in [0.15, 0.2) is 10.7 Å². The van der Waals surface area contributed by atoms with E-state index in [4.69, 9.17) is 4.74 Å². The molecule has 2 heteroatoms. The van der Waals surface area contributed by atoms with Gasteiger partial charge in [-0.05, 0) is 26.7 Å². The van der Waals surface area contributed by atoms with Gasteiger partial charge in [-0.15, -0.1) is 0 Å². The highest BCUT2D eigenvalue weighted by atomic mass is 79.9. The van der Waals surface area contributed by atoms with Crippen molar-refractivity contribution in [3.05, 3.63) is 10.7 Å². The summed E-state index contributed by atoms with van der Waals surface area (Å²) in [4.78, 5) is 0. The summed E-state index contributed by atoms with van der Waals surface area (Å²) in [7, 11) is 0. The maximum absolute atomic E-state index is 5.39. The first-order chi connectivity index (χ1) is 7.16. The highest BCUT2D eigenvalue weighted by molar-refractivity contribution is 9.11. The van der Waals surface area contributed by atoms with E-state index in [-0.39, 0.29) is 6.10 Å². The Morgan fingerprint density at radius 1 is 1.13 bits per heavy atom. The summed E-state index contributed by atoms with van der Waals surface area (Å²) in [6.45, 7) is 6.34. The van der Waals surface area contributed by atoms with Crippen LogP contribution < -0.4 is 0 Å². The first-order valence-corrected chi connectivity index (χ1v) is 6.96. The van der Waals surface area contributed by atoms with Crippen LogP contribution in [0.3, 0.4) is 0 Å². The average molecular weight is 277 g/mol. The highest BCUT2D eigenvalue weighted by Gasteiger charge is 1.95. The summed E-state index contributed by atoms with van der Waals surface area (Å²) < 4.78 is 6.58. The van der Waals surface area contributed by atoms with Crippen molar-refractivity contribution in [2.45, 2.75) is 71.8 Å². The van der Waals surface area contributed by atoms with Gasteiger partial charge >= 0.3 is 0 Å². The standard InChI is InChI=1S/C13H25BrO/c1-4-5-6-7-8-9-10-13(14)11-15-12(2)3/h11-12H,4-10H2,1-3H3/b13-11-. The Morgan fingerprint density at radius 2 is 1.73 bits per heavy atom. The molecule has 15 heavy (non-hydrogen) atoms. The van der Waals surface area contributed by atoms with Gasteiger partial charge in [-0.25, -0.2) is 0 Å². The second-order valence-corrected chi connectivity index (χ2v) is 5.29. The summed E-state index contributed by atoms with van der Waals surface area (Å²) in [5, 5.41) is 0.